The molecule has 4 rings (SSSR count). The van der Waals surface area contributed by atoms with Gasteiger partial charge in [0, 0.05) is 37.8 Å². The van der Waals surface area contributed by atoms with E-state index in [1.807, 2.05) is 24.1 Å². The minimum absolute atomic E-state index is 0.123. The Balaban J connectivity index is 1.32. The van der Waals surface area contributed by atoms with E-state index in [4.69, 9.17) is 0 Å². The lowest BCUT2D eigenvalue weighted by molar-refractivity contribution is 0.0775. The Morgan fingerprint density at radius 3 is 2.62 bits per heavy atom. The third-order valence-electron chi connectivity index (χ3n) is 6.41. The van der Waals surface area contributed by atoms with Crippen LogP contribution < -0.4 is 10.9 Å². The monoisotopic (exact) mass is 356 g/mol. The highest BCUT2D eigenvalue weighted by atomic mass is 16.2. The molecule has 3 aliphatic rings. The normalized spacial score (nSPS) is 28.9. The molecule has 26 heavy (non-hydrogen) atoms. The molecule has 1 amide bonds. The number of fused-ring (bicyclic) bond motifs is 1. The van der Waals surface area contributed by atoms with E-state index in [1.54, 1.807) is 0 Å². The smallest absolute Gasteiger partial charge is 0.253 e. The number of nitrogens with zero attached hydrogens (tertiary/aromatic N) is 2. The minimum Gasteiger partial charge on any atom is -0.340 e. The molecule has 1 aromatic carbocycles. The van der Waals surface area contributed by atoms with E-state index >= 15 is 0 Å². The molecule has 0 spiro atoms. The van der Waals surface area contributed by atoms with Crippen LogP contribution in [-0.2, 0) is 6.54 Å². The molecule has 1 aliphatic carbocycles. The standard InChI is InChI=1S/C21H32N4O/c1-24(15-20-18-6-5-7-19(18)22-23-20)21(26)17-10-8-16(9-11-17)14-25-12-3-2-4-13-25/h8-11,18-20,22-23H,2-7,12-15H2,1H3. The summed E-state index contributed by atoms with van der Waals surface area (Å²) >= 11 is 0. The second kappa shape index (κ2) is 8.07. The van der Waals surface area contributed by atoms with Gasteiger partial charge in [-0.1, -0.05) is 25.0 Å². The number of hydrogen-bond acceptors (Lipinski definition) is 4. The number of rotatable bonds is 5. The second-order valence-corrected chi connectivity index (χ2v) is 8.32. The molecule has 2 N–H and O–H groups in total. The summed E-state index contributed by atoms with van der Waals surface area (Å²) in [5.74, 6) is 0.787. The maximum absolute atomic E-state index is 12.8. The average Bonchev–Trinajstić information content (AvgIpc) is 3.28. The van der Waals surface area contributed by atoms with Crippen LogP contribution in [0.2, 0.25) is 0 Å². The van der Waals surface area contributed by atoms with Gasteiger partial charge < -0.3 is 4.90 Å². The fourth-order valence-electron chi connectivity index (χ4n) is 4.88. The highest BCUT2D eigenvalue weighted by Gasteiger charge is 2.39. The fraction of sp³-hybridized carbons (Fsp3) is 0.667. The first-order valence-corrected chi connectivity index (χ1v) is 10.3. The number of hydrogen-bond donors (Lipinski definition) is 2. The van der Waals surface area contributed by atoms with Gasteiger partial charge in [0.15, 0.2) is 0 Å². The predicted octanol–water partition coefficient (Wildman–Crippen LogP) is 2.39. The van der Waals surface area contributed by atoms with Crippen molar-refractivity contribution in [2.75, 3.05) is 26.7 Å². The SMILES string of the molecule is CN(CC1NNC2CCCC21)C(=O)c1ccc(CN2CCCCC2)cc1. The van der Waals surface area contributed by atoms with Crippen molar-refractivity contribution in [3.05, 3.63) is 35.4 Å². The van der Waals surface area contributed by atoms with Crippen molar-refractivity contribution in [1.29, 1.82) is 0 Å². The Kier molecular flexibility index (Phi) is 5.57. The third-order valence-corrected chi connectivity index (χ3v) is 6.41. The van der Waals surface area contributed by atoms with Gasteiger partial charge in [-0.3, -0.25) is 20.5 Å². The van der Waals surface area contributed by atoms with Crippen molar-refractivity contribution >= 4 is 5.91 Å². The summed E-state index contributed by atoms with van der Waals surface area (Å²) in [6, 6.07) is 9.20. The van der Waals surface area contributed by atoms with E-state index in [9.17, 15) is 4.79 Å². The number of likely N-dealkylation sites (tertiary alicyclic amines) is 1. The van der Waals surface area contributed by atoms with Gasteiger partial charge in [0.2, 0.25) is 0 Å². The number of amides is 1. The fourth-order valence-corrected chi connectivity index (χ4v) is 4.88. The first-order valence-electron chi connectivity index (χ1n) is 10.3. The van der Waals surface area contributed by atoms with Gasteiger partial charge >= 0.3 is 0 Å². The summed E-state index contributed by atoms with van der Waals surface area (Å²) in [5, 5.41) is 0. The number of piperidine rings is 1. The molecule has 5 nitrogen and oxygen atoms in total. The summed E-state index contributed by atoms with van der Waals surface area (Å²) in [6.07, 6.45) is 7.81. The number of benzene rings is 1. The van der Waals surface area contributed by atoms with Crippen molar-refractivity contribution in [2.45, 2.75) is 57.2 Å². The van der Waals surface area contributed by atoms with Crippen molar-refractivity contribution < 1.29 is 4.79 Å². The molecule has 0 bridgehead atoms. The number of carbonyl (C=O) groups is 1. The Morgan fingerprint density at radius 1 is 1.08 bits per heavy atom. The molecule has 3 fully saturated rings. The molecule has 2 heterocycles. The maximum Gasteiger partial charge on any atom is 0.253 e. The Morgan fingerprint density at radius 2 is 1.85 bits per heavy atom. The van der Waals surface area contributed by atoms with Gasteiger partial charge in [-0.05, 0) is 62.4 Å². The number of likely N-dealkylation sites (N-methyl/N-ethyl adjacent to an activating group) is 1. The highest BCUT2D eigenvalue weighted by Crippen LogP contribution is 2.31. The van der Waals surface area contributed by atoms with E-state index in [0.29, 0.717) is 18.0 Å². The summed E-state index contributed by atoms with van der Waals surface area (Å²) in [5.41, 5.74) is 8.91. The summed E-state index contributed by atoms with van der Waals surface area (Å²) < 4.78 is 0. The van der Waals surface area contributed by atoms with E-state index in [-0.39, 0.29) is 5.91 Å². The van der Waals surface area contributed by atoms with Crippen LogP contribution in [0.5, 0.6) is 0 Å². The Labute approximate surface area is 157 Å². The summed E-state index contributed by atoms with van der Waals surface area (Å²) in [7, 11) is 1.92. The second-order valence-electron chi connectivity index (χ2n) is 8.32. The van der Waals surface area contributed by atoms with Crippen LogP contribution in [0.4, 0.5) is 0 Å². The molecule has 3 atom stereocenters. The number of hydrazine groups is 1. The van der Waals surface area contributed by atoms with Crippen molar-refractivity contribution in [3.8, 4) is 0 Å². The van der Waals surface area contributed by atoms with E-state index < -0.39 is 0 Å². The molecule has 5 heteroatoms. The quantitative estimate of drug-likeness (QED) is 0.850. The van der Waals surface area contributed by atoms with Crippen LogP contribution in [0.25, 0.3) is 0 Å². The van der Waals surface area contributed by atoms with E-state index in [1.165, 1.54) is 57.2 Å². The van der Waals surface area contributed by atoms with Crippen LogP contribution in [0.1, 0.15) is 54.4 Å². The first-order chi connectivity index (χ1) is 12.7. The zero-order chi connectivity index (χ0) is 17.9. The molecule has 0 aromatic heterocycles. The van der Waals surface area contributed by atoms with Crippen molar-refractivity contribution in [3.63, 3.8) is 0 Å². The van der Waals surface area contributed by atoms with Gasteiger partial charge in [-0.25, -0.2) is 0 Å². The van der Waals surface area contributed by atoms with Crippen molar-refractivity contribution in [1.82, 2.24) is 20.7 Å². The lowest BCUT2D eigenvalue weighted by Gasteiger charge is -2.26. The van der Waals surface area contributed by atoms with Gasteiger partial charge in [-0.15, -0.1) is 0 Å². The molecule has 1 aromatic rings. The molecular formula is C21H32N4O. The zero-order valence-electron chi connectivity index (χ0n) is 15.9. The molecule has 0 radical (unpaired) electrons. The molecule has 2 saturated heterocycles. The largest absolute Gasteiger partial charge is 0.340 e. The van der Waals surface area contributed by atoms with Gasteiger partial charge in [0.25, 0.3) is 5.91 Å². The van der Waals surface area contributed by atoms with Crippen LogP contribution >= 0.6 is 0 Å². The van der Waals surface area contributed by atoms with Crippen LogP contribution in [0, 0.1) is 5.92 Å². The lowest BCUT2D eigenvalue weighted by Crippen LogP contribution is -2.43. The molecular weight excluding hydrogens is 324 g/mol. The summed E-state index contributed by atoms with van der Waals surface area (Å²) in [6.45, 7) is 4.18. The van der Waals surface area contributed by atoms with Crippen LogP contribution in [-0.4, -0.2) is 54.5 Å². The van der Waals surface area contributed by atoms with Gasteiger partial charge in [0.1, 0.15) is 0 Å². The zero-order valence-corrected chi connectivity index (χ0v) is 15.9. The van der Waals surface area contributed by atoms with Crippen molar-refractivity contribution in [2.24, 2.45) is 5.92 Å². The molecule has 142 valence electrons. The molecule has 1 saturated carbocycles. The highest BCUT2D eigenvalue weighted by molar-refractivity contribution is 5.94. The summed E-state index contributed by atoms with van der Waals surface area (Å²) in [4.78, 5) is 17.2. The van der Waals surface area contributed by atoms with E-state index in [2.05, 4.69) is 27.9 Å². The Hall–Kier alpha value is -1.43. The average molecular weight is 357 g/mol. The predicted molar refractivity (Wildman–Crippen MR) is 104 cm³/mol. The van der Waals surface area contributed by atoms with Crippen LogP contribution in [0.15, 0.2) is 24.3 Å². The molecule has 2 aliphatic heterocycles. The Bertz CT molecular complexity index is 611. The van der Waals surface area contributed by atoms with Gasteiger partial charge in [-0.2, -0.15) is 0 Å². The van der Waals surface area contributed by atoms with Crippen LogP contribution in [0.3, 0.4) is 0 Å². The lowest BCUT2D eigenvalue weighted by atomic mass is 9.97. The topological polar surface area (TPSA) is 47.6 Å². The van der Waals surface area contributed by atoms with E-state index in [0.717, 1.165) is 18.7 Å². The third kappa shape index (κ3) is 3.95. The number of carbonyl (C=O) groups excluding carboxylic acids is 1. The first kappa shape index (κ1) is 18.0. The minimum atomic E-state index is 0.123. The molecule has 3 unspecified atom stereocenters. The van der Waals surface area contributed by atoms with Gasteiger partial charge in [0.05, 0.1) is 0 Å². The maximum atomic E-state index is 12.8. The number of nitrogens with one attached hydrogen (secondary N) is 2.